The predicted octanol–water partition coefficient (Wildman–Crippen LogP) is 9.37. The number of para-hydroxylation sites is 2. The number of hydrogen-bond acceptors (Lipinski definition) is 12. The number of nitrogens with one attached hydrogen (secondary N) is 2. The molecular formula is C48H43ClN8O4S4. The zero-order valence-corrected chi connectivity index (χ0v) is 39.5. The summed E-state index contributed by atoms with van der Waals surface area (Å²) in [6.07, 6.45) is 3.34. The van der Waals surface area contributed by atoms with Gasteiger partial charge in [0.25, 0.3) is 20.0 Å². The summed E-state index contributed by atoms with van der Waals surface area (Å²) in [5.74, 6) is 1.68. The van der Waals surface area contributed by atoms with Crippen LogP contribution >= 0.6 is 34.3 Å². The van der Waals surface area contributed by atoms with Crippen LogP contribution in [-0.2, 0) is 20.0 Å². The first-order valence-electron chi connectivity index (χ1n) is 21.4. The highest BCUT2D eigenvalue weighted by Crippen LogP contribution is 2.41. The van der Waals surface area contributed by atoms with Crippen molar-refractivity contribution in [1.82, 2.24) is 28.5 Å². The Bertz CT molecular complexity index is 3740. The Morgan fingerprint density at radius 3 is 1.69 bits per heavy atom. The molecule has 0 spiro atoms. The molecule has 12 nitrogen and oxygen atoms in total. The van der Waals surface area contributed by atoms with Crippen molar-refractivity contribution < 1.29 is 16.8 Å². The highest BCUT2D eigenvalue weighted by molar-refractivity contribution is 7.92. The lowest BCUT2D eigenvalue weighted by Gasteiger charge is -2.29. The van der Waals surface area contributed by atoms with Crippen molar-refractivity contribution in [1.29, 1.82) is 0 Å². The van der Waals surface area contributed by atoms with Crippen molar-refractivity contribution in [2.24, 2.45) is 0 Å². The molecule has 2 N–H and O–H groups in total. The number of pyridine rings is 2. The molecule has 10 aromatic rings. The number of halogens is 1. The summed E-state index contributed by atoms with van der Waals surface area (Å²) in [6, 6.07) is 32.6. The first-order valence-corrected chi connectivity index (χ1v) is 26.3. The van der Waals surface area contributed by atoms with Crippen LogP contribution in [0.3, 0.4) is 0 Å². The Balaban J connectivity index is 0.000000144. The van der Waals surface area contributed by atoms with Gasteiger partial charge < -0.3 is 20.4 Å². The number of aromatic nitrogens is 4. The van der Waals surface area contributed by atoms with Crippen LogP contribution < -0.4 is 20.4 Å². The molecule has 17 heteroatoms. The van der Waals surface area contributed by atoms with Gasteiger partial charge in [0.1, 0.15) is 20.1 Å². The third kappa shape index (κ3) is 7.22. The predicted molar refractivity (Wildman–Crippen MR) is 268 cm³/mol. The third-order valence-corrected chi connectivity index (χ3v) is 19.3. The van der Waals surface area contributed by atoms with Crippen LogP contribution in [0.4, 0.5) is 11.6 Å². The van der Waals surface area contributed by atoms with Crippen molar-refractivity contribution in [3.05, 3.63) is 132 Å². The van der Waals surface area contributed by atoms with E-state index < -0.39 is 20.0 Å². The van der Waals surface area contributed by atoms with E-state index in [-0.39, 0.29) is 0 Å². The van der Waals surface area contributed by atoms with Crippen molar-refractivity contribution in [3.8, 4) is 0 Å². The number of benzene rings is 4. The van der Waals surface area contributed by atoms with Gasteiger partial charge in [0.15, 0.2) is 0 Å². The minimum atomic E-state index is -3.83. The van der Waals surface area contributed by atoms with E-state index in [4.69, 9.17) is 21.6 Å². The zero-order chi connectivity index (χ0) is 44.6. The molecule has 2 aliphatic rings. The molecule has 8 heterocycles. The molecule has 65 heavy (non-hydrogen) atoms. The molecule has 330 valence electrons. The van der Waals surface area contributed by atoms with Crippen LogP contribution in [0.5, 0.6) is 0 Å². The number of thiophene rings is 2. The number of anilines is 2. The van der Waals surface area contributed by atoms with Gasteiger partial charge in [-0.1, -0.05) is 65.7 Å². The summed E-state index contributed by atoms with van der Waals surface area (Å²) in [5.41, 5.74) is 4.79. The van der Waals surface area contributed by atoms with Gasteiger partial charge in [0, 0.05) is 101 Å². The van der Waals surface area contributed by atoms with E-state index in [0.29, 0.717) is 24.5 Å². The molecule has 0 bridgehead atoms. The fourth-order valence-electron chi connectivity index (χ4n) is 9.11. The average molecular weight is 960 g/mol. The lowest BCUT2D eigenvalue weighted by molar-refractivity contribution is 0.586. The molecule has 0 unspecified atom stereocenters. The Labute approximate surface area is 388 Å². The molecule has 0 aliphatic carbocycles. The molecule has 0 radical (unpaired) electrons. The van der Waals surface area contributed by atoms with Crippen LogP contribution in [0.2, 0.25) is 5.02 Å². The molecule has 12 rings (SSSR count). The van der Waals surface area contributed by atoms with Crippen molar-refractivity contribution in [3.63, 3.8) is 0 Å². The lowest BCUT2D eigenvalue weighted by atomic mass is 10.1. The first kappa shape index (κ1) is 42.1. The van der Waals surface area contributed by atoms with Gasteiger partial charge in [-0.25, -0.2) is 17.9 Å². The van der Waals surface area contributed by atoms with Crippen LogP contribution in [-0.4, -0.2) is 87.1 Å². The van der Waals surface area contributed by atoms with Gasteiger partial charge in [0.2, 0.25) is 0 Å². The van der Waals surface area contributed by atoms with Crippen LogP contribution in [0.1, 0.15) is 11.1 Å². The number of piperazine rings is 2. The molecule has 0 amide bonds. The van der Waals surface area contributed by atoms with Crippen molar-refractivity contribution >= 4 is 130 Å². The fourth-order valence-corrected chi connectivity index (χ4v) is 15.3. The van der Waals surface area contributed by atoms with Gasteiger partial charge in [-0.15, -0.1) is 22.7 Å². The summed E-state index contributed by atoms with van der Waals surface area (Å²) < 4.78 is 61.1. The Kier molecular flexibility index (Phi) is 10.6. The molecule has 0 atom stereocenters. The summed E-state index contributed by atoms with van der Waals surface area (Å²) in [6.45, 7) is 10.7. The highest BCUT2D eigenvalue weighted by atomic mass is 35.5. The van der Waals surface area contributed by atoms with Crippen LogP contribution in [0.15, 0.2) is 124 Å². The van der Waals surface area contributed by atoms with Gasteiger partial charge in [-0.3, -0.25) is 0 Å². The van der Waals surface area contributed by atoms with E-state index >= 15 is 0 Å². The monoisotopic (exact) mass is 958 g/mol. The van der Waals surface area contributed by atoms with Crippen LogP contribution in [0.25, 0.3) is 63.8 Å². The van der Waals surface area contributed by atoms with E-state index in [2.05, 4.69) is 20.4 Å². The minimum absolute atomic E-state index is 0.335. The molecule has 2 aliphatic heterocycles. The lowest BCUT2D eigenvalue weighted by Crippen LogP contribution is -2.44. The molecule has 2 fully saturated rings. The molecule has 2 saturated heterocycles. The average Bonchev–Trinajstić information content (AvgIpc) is 4.15. The number of rotatable bonds is 6. The van der Waals surface area contributed by atoms with E-state index in [1.54, 1.807) is 24.5 Å². The second-order valence-corrected chi connectivity index (χ2v) is 23.0. The summed E-state index contributed by atoms with van der Waals surface area (Å²) in [5, 5.41) is 12.5. The van der Waals surface area contributed by atoms with E-state index in [1.165, 1.54) is 30.6 Å². The van der Waals surface area contributed by atoms with Gasteiger partial charge in [0.05, 0.1) is 22.1 Å². The molecule has 4 aromatic carbocycles. The second kappa shape index (κ2) is 16.4. The maximum atomic E-state index is 14.0. The van der Waals surface area contributed by atoms with E-state index in [1.807, 2.05) is 105 Å². The Morgan fingerprint density at radius 2 is 1.11 bits per heavy atom. The largest absolute Gasteiger partial charge is 0.353 e. The van der Waals surface area contributed by atoms with Crippen molar-refractivity contribution in [2.75, 3.05) is 62.2 Å². The van der Waals surface area contributed by atoms with E-state index in [9.17, 15) is 16.8 Å². The van der Waals surface area contributed by atoms with Gasteiger partial charge in [-0.05, 0) is 84.8 Å². The number of nitrogens with zero attached hydrogens (tertiary/aromatic N) is 6. The van der Waals surface area contributed by atoms with Gasteiger partial charge >= 0.3 is 0 Å². The van der Waals surface area contributed by atoms with E-state index in [0.717, 1.165) is 128 Å². The summed E-state index contributed by atoms with van der Waals surface area (Å²) in [4.78, 5) is 14.3. The topological polar surface area (TPSA) is 134 Å². The van der Waals surface area contributed by atoms with Crippen molar-refractivity contribution in [2.45, 2.75) is 22.3 Å². The highest BCUT2D eigenvalue weighted by Gasteiger charge is 2.29. The maximum Gasteiger partial charge on any atom is 0.277 e. The molecular weight excluding hydrogens is 916 g/mol. The smallest absolute Gasteiger partial charge is 0.277 e. The van der Waals surface area contributed by atoms with Crippen LogP contribution in [0, 0.1) is 13.8 Å². The minimum Gasteiger partial charge on any atom is -0.353 e. The number of hydrogen-bond donors (Lipinski definition) is 2. The SMILES string of the molecule is Cc1c(S(=O)(=O)n2ccc3c(N4CCNCC4)nc4ccccc4c32)sc2ccc(Cl)cc12.Cc1ccc2sc(S(=O)(=O)n3ccc4c(N5CCNCC5)nc5ccccc5c43)cc2c1. The molecule has 0 saturated carbocycles. The molecule has 6 aromatic heterocycles. The maximum absolute atomic E-state index is 14.0. The first-order chi connectivity index (χ1) is 31.5. The summed E-state index contributed by atoms with van der Waals surface area (Å²) in [7, 11) is -7.59. The third-order valence-electron chi connectivity index (χ3n) is 12.3. The zero-order valence-electron chi connectivity index (χ0n) is 35.5. The second-order valence-electron chi connectivity index (χ2n) is 16.4. The number of fused-ring (bicyclic) bond motifs is 8. The standard InChI is InChI=1S/C24H21ClN4O2S2.C24H22N4O2S2/c1-15-19-14-16(25)6-7-21(19)32-24(15)33(30,31)29-11-8-18-22(29)17-4-2-3-5-20(17)27-23(18)28-12-9-26-10-13-28;1-16-6-7-21-17(14-16)15-22(31-21)32(29,30)28-11-8-19-23(28)18-4-2-3-5-20(18)26-24(19)27-12-9-25-10-13-27/h2-8,11,14,26H,9-10,12-13H2,1H3;2-8,11,14-15,25H,9-10,12-13H2,1H3. The Morgan fingerprint density at radius 1 is 0.569 bits per heavy atom. The van der Waals surface area contributed by atoms with Gasteiger partial charge in [-0.2, -0.15) is 16.8 Å². The fraction of sp³-hybridized carbons (Fsp3) is 0.208. The quantitative estimate of drug-likeness (QED) is 0.166. The summed E-state index contributed by atoms with van der Waals surface area (Å²) >= 11 is 8.78. The normalized spacial score (nSPS) is 15.2. The number of aryl methyl sites for hydroxylation is 2. The Hall–Kier alpha value is -5.59.